The summed E-state index contributed by atoms with van der Waals surface area (Å²) in [5, 5.41) is 12.0. The molecule has 198 valence electrons. The van der Waals surface area contributed by atoms with Gasteiger partial charge in [0.15, 0.2) is 19.7 Å². The van der Waals surface area contributed by atoms with E-state index in [0.29, 0.717) is 11.6 Å². The van der Waals surface area contributed by atoms with Crippen LogP contribution in [-0.4, -0.2) is 46.2 Å². The second-order valence-corrected chi connectivity index (χ2v) is 11.9. The molecular formula is C23H19F4NO7S2. The van der Waals surface area contributed by atoms with Crippen LogP contribution in [0.3, 0.4) is 0 Å². The maximum Gasteiger partial charge on any atom is 0.573 e. The van der Waals surface area contributed by atoms with Crippen LogP contribution in [0.5, 0.6) is 11.5 Å². The normalized spacial score (nSPS) is 12.2. The van der Waals surface area contributed by atoms with E-state index in [-0.39, 0.29) is 17.7 Å². The third-order valence-corrected chi connectivity index (χ3v) is 7.83. The van der Waals surface area contributed by atoms with Crippen LogP contribution in [0, 0.1) is 5.82 Å². The fraction of sp³-hybridized carbons (Fsp3) is 0.174. The number of rotatable bonds is 8. The molecule has 0 aromatic heterocycles. The van der Waals surface area contributed by atoms with Crippen LogP contribution in [-0.2, 0) is 26.1 Å². The van der Waals surface area contributed by atoms with Gasteiger partial charge in [-0.3, -0.25) is 4.79 Å². The summed E-state index contributed by atoms with van der Waals surface area (Å²) < 4.78 is 104. The summed E-state index contributed by atoms with van der Waals surface area (Å²) in [6, 6.07) is 10.5. The number of phenols is 1. The minimum Gasteiger partial charge on any atom is -0.507 e. The maximum absolute atomic E-state index is 14.7. The van der Waals surface area contributed by atoms with E-state index >= 15 is 0 Å². The highest BCUT2D eigenvalue weighted by Gasteiger charge is 2.31. The Kier molecular flexibility index (Phi) is 7.83. The van der Waals surface area contributed by atoms with Gasteiger partial charge in [-0.1, -0.05) is 12.1 Å². The summed E-state index contributed by atoms with van der Waals surface area (Å²) in [7, 11) is -7.97. The molecule has 0 aliphatic rings. The van der Waals surface area contributed by atoms with Gasteiger partial charge in [-0.05, 0) is 60.5 Å². The van der Waals surface area contributed by atoms with E-state index in [1.165, 1.54) is 18.2 Å². The highest BCUT2D eigenvalue weighted by molar-refractivity contribution is 7.91. The molecule has 14 heteroatoms. The largest absolute Gasteiger partial charge is 0.573 e. The summed E-state index contributed by atoms with van der Waals surface area (Å²) in [5.74, 6) is -3.62. The van der Waals surface area contributed by atoms with Crippen molar-refractivity contribution in [3.8, 4) is 11.5 Å². The maximum atomic E-state index is 14.7. The predicted octanol–water partition coefficient (Wildman–Crippen LogP) is 4.10. The zero-order valence-electron chi connectivity index (χ0n) is 18.9. The first-order valence-corrected chi connectivity index (χ1v) is 13.8. The number of carbonyl (C=O) groups excluding carboxylic acids is 1. The van der Waals surface area contributed by atoms with Crippen molar-refractivity contribution in [3.05, 3.63) is 77.6 Å². The van der Waals surface area contributed by atoms with Crippen LogP contribution in [0.25, 0.3) is 0 Å². The topological polar surface area (TPSA) is 127 Å². The van der Waals surface area contributed by atoms with Crippen molar-refractivity contribution in [2.45, 2.75) is 22.6 Å². The molecule has 3 rings (SSSR count). The fourth-order valence-corrected chi connectivity index (χ4v) is 5.35. The molecule has 0 saturated heterocycles. The van der Waals surface area contributed by atoms with E-state index in [1.807, 2.05) is 0 Å². The number of carbonyl (C=O) groups is 1. The zero-order valence-corrected chi connectivity index (χ0v) is 20.5. The van der Waals surface area contributed by atoms with Crippen LogP contribution in [0.4, 0.5) is 23.2 Å². The molecule has 0 atom stereocenters. The number of alkyl halides is 3. The lowest BCUT2D eigenvalue weighted by atomic mass is 10.2. The average molecular weight is 562 g/mol. The van der Waals surface area contributed by atoms with Crippen LogP contribution < -0.4 is 10.1 Å². The van der Waals surface area contributed by atoms with E-state index < -0.39 is 64.8 Å². The Morgan fingerprint density at radius 1 is 0.946 bits per heavy atom. The number of anilines is 1. The quantitative estimate of drug-likeness (QED) is 0.313. The number of hydrogen-bond donors (Lipinski definition) is 2. The molecule has 0 bridgehead atoms. The first-order chi connectivity index (χ1) is 17.0. The number of ether oxygens (including phenoxy) is 1. The third-order valence-electron chi connectivity index (χ3n) is 4.96. The van der Waals surface area contributed by atoms with E-state index in [1.54, 1.807) is 0 Å². The Morgan fingerprint density at radius 2 is 1.59 bits per heavy atom. The number of nitrogens with one attached hydrogen (secondary N) is 1. The second-order valence-electron chi connectivity index (χ2n) is 7.81. The van der Waals surface area contributed by atoms with E-state index in [2.05, 4.69) is 10.1 Å². The molecule has 0 saturated carbocycles. The van der Waals surface area contributed by atoms with Gasteiger partial charge in [-0.15, -0.1) is 13.2 Å². The molecule has 3 aromatic rings. The van der Waals surface area contributed by atoms with E-state index in [0.717, 1.165) is 42.7 Å². The van der Waals surface area contributed by atoms with Gasteiger partial charge >= 0.3 is 6.36 Å². The summed E-state index contributed by atoms with van der Waals surface area (Å²) >= 11 is 0. The van der Waals surface area contributed by atoms with Gasteiger partial charge in [0, 0.05) is 17.5 Å². The molecule has 2 N–H and O–H groups in total. The molecule has 0 spiro atoms. The van der Waals surface area contributed by atoms with Crippen molar-refractivity contribution >= 4 is 31.3 Å². The van der Waals surface area contributed by atoms with Crippen molar-refractivity contribution < 1.29 is 49.0 Å². The minimum atomic E-state index is -4.87. The number of sulfone groups is 2. The van der Waals surface area contributed by atoms with Crippen LogP contribution in [0.2, 0.25) is 0 Å². The first-order valence-electron chi connectivity index (χ1n) is 10.3. The Morgan fingerprint density at radius 3 is 2.16 bits per heavy atom. The van der Waals surface area contributed by atoms with Crippen LogP contribution >= 0.6 is 0 Å². The smallest absolute Gasteiger partial charge is 0.507 e. The molecule has 0 heterocycles. The molecule has 0 fully saturated rings. The molecule has 0 aliphatic heterocycles. The minimum absolute atomic E-state index is 0.00742. The number of amides is 1. The zero-order chi connectivity index (χ0) is 27.6. The molecule has 0 aliphatic carbocycles. The van der Waals surface area contributed by atoms with Crippen molar-refractivity contribution in [2.24, 2.45) is 0 Å². The SMILES string of the molecule is CS(=O)(=O)c1cc(NC(=O)c2ccc(S(=O)(=O)CCc3ccc(OC(F)(F)F)cc3)c(F)c2)ccc1O. The van der Waals surface area contributed by atoms with Gasteiger partial charge in [0.2, 0.25) is 0 Å². The highest BCUT2D eigenvalue weighted by atomic mass is 32.2. The summed E-state index contributed by atoms with van der Waals surface area (Å²) in [6.07, 6.45) is -4.13. The number of halogens is 4. The van der Waals surface area contributed by atoms with Gasteiger partial charge in [-0.25, -0.2) is 21.2 Å². The van der Waals surface area contributed by atoms with Crippen molar-refractivity contribution in [3.63, 3.8) is 0 Å². The van der Waals surface area contributed by atoms with Gasteiger partial charge < -0.3 is 15.2 Å². The number of benzene rings is 3. The van der Waals surface area contributed by atoms with Crippen molar-refractivity contribution in [1.29, 1.82) is 0 Å². The molecule has 8 nitrogen and oxygen atoms in total. The standard InChI is InChI=1S/C23H19F4NO7S2/c1-36(31,32)21-13-16(5-8-19(21)29)28-22(30)15-4-9-20(18(24)12-15)37(33,34)11-10-14-2-6-17(7-3-14)35-23(25,26)27/h2-9,12-13,29H,10-11H2,1H3,(H,28,30). The van der Waals surface area contributed by atoms with Crippen molar-refractivity contribution in [2.75, 3.05) is 17.3 Å². The Bertz CT molecular complexity index is 1540. The molecular weight excluding hydrogens is 542 g/mol. The lowest BCUT2D eigenvalue weighted by molar-refractivity contribution is -0.274. The first kappa shape index (κ1) is 27.9. The highest BCUT2D eigenvalue weighted by Crippen LogP contribution is 2.27. The Hall–Kier alpha value is -3.65. The number of phenolic OH excluding ortho intramolecular Hbond substituents is 1. The monoisotopic (exact) mass is 561 g/mol. The second kappa shape index (κ2) is 10.4. The van der Waals surface area contributed by atoms with Gasteiger partial charge in [0.05, 0.1) is 5.75 Å². The number of aryl methyl sites for hydroxylation is 1. The van der Waals surface area contributed by atoms with E-state index in [4.69, 9.17) is 0 Å². The van der Waals surface area contributed by atoms with Gasteiger partial charge in [0.25, 0.3) is 5.91 Å². The molecule has 0 radical (unpaired) electrons. The predicted molar refractivity (Wildman–Crippen MR) is 124 cm³/mol. The lowest BCUT2D eigenvalue weighted by Gasteiger charge is -2.11. The number of hydrogen-bond acceptors (Lipinski definition) is 7. The molecule has 1 amide bonds. The third kappa shape index (κ3) is 7.43. The lowest BCUT2D eigenvalue weighted by Crippen LogP contribution is -2.17. The van der Waals surface area contributed by atoms with E-state index in [9.17, 15) is 44.3 Å². The summed E-state index contributed by atoms with van der Waals surface area (Å²) in [5.41, 5.74) is 0.106. The summed E-state index contributed by atoms with van der Waals surface area (Å²) in [4.78, 5) is 11.4. The molecule has 37 heavy (non-hydrogen) atoms. The summed E-state index contributed by atoms with van der Waals surface area (Å²) in [6.45, 7) is 0. The average Bonchev–Trinajstić information content (AvgIpc) is 2.78. The van der Waals surface area contributed by atoms with Gasteiger partial charge in [0.1, 0.15) is 27.1 Å². The molecule has 0 unspecified atom stereocenters. The molecule has 3 aromatic carbocycles. The van der Waals surface area contributed by atoms with Crippen LogP contribution in [0.1, 0.15) is 15.9 Å². The van der Waals surface area contributed by atoms with Crippen molar-refractivity contribution in [1.82, 2.24) is 0 Å². The Balaban J connectivity index is 1.71. The number of aromatic hydroxyl groups is 1. The van der Waals surface area contributed by atoms with Crippen LogP contribution in [0.15, 0.2) is 70.5 Å². The fourth-order valence-electron chi connectivity index (χ4n) is 3.21. The Labute approximate surface area is 209 Å². The van der Waals surface area contributed by atoms with Gasteiger partial charge in [-0.2, -0.15) is 0 Å².